The number of hydrogen-bond donors (Lipinski definition) is 1. The molecule has 1 rings (SSSR count). The van der Waals surface area contributed by atoms with Crippen LogP contribution in [0, 0.1) is 6.92 Å². The van der Waals surface area contributed by atoms with Gasteiger partial charge in [-0.25, -0.2) is 0 Å². The van der Waals surface area contributed by atoms with Crippen molar-refractivity contribution in [2.24, 2.45) is 5.73 Å². The lowest BCUT2D eigenvalue weighted by Gasteiger charge is -2.07. The van der Waals surface area contributed by atoms with E-state index in [0.29, 0.717) is 0 Å². The summed E-state index contributed by atoms with van der Waals surface area (Å²) < 4.78 is 0. The number of halogens is 1. The van der Waals surface area contributed by atoms with Gasteiger partial charge in [0.2, 0.25) is 0 Å². The molecule has 0 amide bonds. The van der Waals surface area contributed by atoms with Crippen LogP contribution in [-0.4, -0.2) is 0 Å². The lowest BCUT2D eigenvalue weighted by molar-refractivity contribution is 0.818. The van der Waals surface area contributed by atoms with Gasteiger partial charge in [-0.15, -0.1) is 0 Å². The van der Waals surface area contributed by atoms with Gasteiger partial charge in [-0.2, -0.15) is 0 Å². The van der Waals surface area contributed by atoms with Crippen LogP contribution >= 0.6 is 11.6 Å². The number of benzene rings is 1. The molecule has 0 spiro atoms. The molecular weight excluding hydrogens is 158 g/mol. The first-order valence-electron chi connectivity index (χ1n) is 3.63. The van der Waals surface area contributed by atoms with Crippen LogP contribution in [0.1, 0.15) is 24.1 Å². The van der Waals surface area contributed by atoms with Crippen LogP contribution in [0.4, 0.5) is 0 Å². The van der Waals surface area contributed by atoms with Gasteiger partial charge < -0.3 is 5.73 Å². The molecule has 2 N–H and O–H groups in total. The molecule has 0 unspecified atom stereocenters. The molecule has 1 aromatic carbocycles. The summed E-state index contributed by atoms with van der Waals surface area (Å²) in [5.41, 5.74) is 7.86. The summed E-state index contributed by atoms with van der Waals surface area (Å²) in [5, 5.41) is 0.764. The molecule has 1 nitrogen and oxygen atoms in total. The minimum Gasteiger partial charge on any atom is -0.324 e. The fraction of sp³-hybridized carbons (Fsp3) is 0.333. The Morgan fingerprint density at radius 2 is 2.09 bits per heavy atom. The van der Waals surface area contributed by atoms with Crippen LogP contribution in [0.2, 0.25) is 5.02 Å². The fourth-order valence-electron chi connectivity index (χ4n) is 1.00. The topological polar surface area (TPSA) is 26.0 Å². The Labute approximate surface area is 72.2 Å². The third-order valence-corrected chi connectivity index (χ3v) is 1.97. The van der Waals surface area contributed by atoms with Gasteiger partial charge in [0, 0.05) is 11.1 Å². The molecule has 0 bridgehead atoms. The average Bonchev–Trinajstić information content (AvgIpc) is 1.85. The lowest BCUT2D eigenvalue weighted by Crippen LogP contribution is -2.05. The van der Waals surface area contributed by atoms with Crippen molar-refractivity contribution in [3.8, 4) is 0 Å². The maximum atomic E-state index is 5.94. The van der Waals surface area contributed by atoms with E-state index >= 15 is 0 Å². The molecule has 0 aromatic heterocycles. The van der Waals surface area contributed by atoms with Gasteiger partial charge in [-0.05, 0) is 31.0 Å². The summed E-state index contributed by atoms with van der Waals surface area (Å²) in [6.45, 7) is 3.94. The number of nitrogens with two attached hydrogens (primary N) is 1. The molecule has 0 radical (unpaired) electrons. The zero-order valence-corrected chi connectivity index (χ0v) is 7.52. The van der Waals surface area contributed by atoms with E-state index in [1.807, 2.05) is 32.0 Å². The Hall–Kier alpha value is -0.530. The highest BCUT2D eigenvalue weighted by molar-refractivity contribution is 6.31. The van der Waals surface area contributed by atoms with E-state index in [0.717, 1.165) is 10.6 Å². The van der Waals surface area contributed by atoms with Gasteiger partial charge in [-0.3, -0.25) is 0 Å². The zero-order valence-electron chi connectivity index (χ0n) is 6.76. The Kier molecular flexibility index (Phi) is 2.53. The van der Waals surface area contributed by atoms with Crippen molar-refractivity contribution < 1.29 is 0 Å². The van der Waals surface area contributed by atoms with Crippen LogP contribution in [-0.2, 0) is 0 Å². The number of hydrogen-bond acceptors (Lipinski definition) is 1. The van der Waals surface area contributed by atoms with Gasteiger partial charge in [0.15, 0.2) is 0 Å². The minimum absolute atomic E-state index is 0.0168. The first-order valence-corrected chi connectivity index (χ1v) is 4.00. The molecule has 2 heteroatoms. The summed E-state index contributed by atoms with van der Waals surface area (Å²) >= 11 is 5.94. The molecule has 0 saturated heterocycles. The van der Waals surface area contributed by atoms with Gasteiger partial charge in [0.05, 0.1) is 0 Å². The maximum Gasteiger partial charge on any atom is 0.0456 e. The first-order chi connectivity index (χ1) is 5.11. The summed E-state index contributed by atoms with van der Waals surface area (Å²) in [6.07, 6.45) is 0. The molecule has 0 saturated carbocycles. The Morgan fingerprint density at radius 1 is 1.45 bits per heavy atom. The average molecular weight is 170 g/mol. The third kappa shape index (κ3) is 1.95. The van der Waals surface area contributed by atoms with Crippen molar-refractivity contribution in [2.45, 2.75) is 19.9 Å². The van der Waals surface area contributed by atoms with Crippen molar-refractivity contribution >= 4 is 11.6 Å². The SMILES string of the molecule is Cc1ccc([C@@H](C)N)c(Cl)c1. The number of aryl methyl sites for hydroxylation is 1. The van der Waals surface area contributed by atoms with E-state index in [2.05, 4.69) is 0 Å². The largest absolute Gasteiger partial charge is 0.324 e. The quantitative estimate of drug-likeness (QED) is 0.688. The molecular formula is C9H12ClN. The molecule has 60 valence electrons. The Balaban J connectivity index is 3.09. The summed E-state index contributed by atoms with van der Waals surface area (Å²) in [7, 11) is 0. The summed E-state index contributed by atoms with van der Waals surface area (Å²) in [6, 6.07) is 5.94. The predicted octanol–water partition coefficient (Wildman–Crippen LogP) is 2.67. The maximum absolute atomic E-state index is 5.94. The second kappa shape index (κ2) is 3.24. The predicted molar refractivity (Wildman–Crippen MR) is 48.8 cm³/mol. The van der Waals surface area contributed by atoms with Crippen LogP contribution in [0.3, 0.4) is 0 Å². The molecule has 0 aliphatic heterocycles. The Morgan fingerprint density at radius 3 is 2.55 bits per heavy atom. The molecule has 1 atom stereocenters. The smallest absolute Gasteiger partial charge is 0.0456 e. The highest BCUT2D eigenvalue weighted by Gasteiger charge is 2.03. The van der Waals surface area contributed by atoms with Gasteiger partial charge in [0.25, 0.3) is 0 Å². The van der Waals surface area contributed by atoms with Crippen LogP contribution < -0.4 is 5.73 Å². The first kappa shape index (κ1) is 8.57. The van der Waals surface area contributed by atoms with Crippen LogP contribution in [0.15, 0.2) is 18.2 Å². The molecule has 1 aromatic rings. The lowest BCUT2D eigenvalue weighted by atomic mass is 10.1. The van der Waals surface area contributed by atoms with E-state index in [-0.39, 0.29) is 6.04 Å². The Bertz CT molecular complexity index is 256. The molecule has 0 aliphatic rings. The monoisotopic (exact) mass is 169 g/mol. The molecule has 0 aliphatic carbocycles. The van der Waals surface area contributed by atoms with E-state index < -0.39 is 0 Å². The standard InChI is InChI=1S/C9H12ClN/c1-6-3-4-8(7(2)11)9(10)5-6/h3-5,7H,11H2,1-2H3/t7-/m1/s1. The van der Waals surface area contributed by atoms with E-state index in [4.69, 9.17) is 17.3 Å². The van der Waals surface area contributed by atoms with Gasteiger partial charge in [0.1, 0.15) is 0 Å². The fourth-order valence-corrected chi connectivity index (χ4v) is 1.41. The third-order valence-electron chi connectivity index (χ3n) is 1.65. The molecule has 0 fully saturated rings. The second-order valence-corrected chi connectivity index (χ2v) is 3.22. The van der Waals surface area contributed by atoms with Crippen molar-refractivity contribution in [3.05, 3.63) is 34.3 Å². The van der Waals surface area contributed by atoms with Gasteiger partial charge >= 0.3 is 0 Å². The minimum atomic E-state index is 0.0168. The zero-order chi connectivity index (χ0) is 8.43. The van der Waals surface area contributed by atoms with Gasteiger partial charge in [-0.1, -0.05) is 23.7 Å². The number of rotatable bonds is 1. The van der Waals surface area contributed by atoms with Crippen LogP contribution in [0.5, 0.6) is 0 Å². The normalized spacial score (nSPS) is 13.1. The van der Waals surface area contributed by atoms with E-state index in [1.54, 1.807) is 0 Å². The highest BCUT2D eigenvalue weighted by atomic mass is 35.5. The molecule has 11 heavy (non-hydrogen) atoms. The van der Waals surface area contributed by atoms with Crippen molar-refractivity contribution in [3.63, 3.8) is 0 Å². The summed E-state index contributed by atoms with van der Waals surface area (Å²) in [4.78, 5) is 0. The van der Waals surface area contributed by atoms with Crippen molar-refractivity contribution in [2.75, 3.05) is 0 Å². The van der Waals surface area contributed by atoms with Crippen LogP contribution in [0.25, 0.3) is 0 Å². The van der Waals surface area contributed by atoms with E-state index in [9.17, 15) is 0 Å². The van der Waals surface area contributed by atoms with Crippen molar-refractivity contribution in [1.82, 2.24) is 0 Å². The summed E-state index contributed by atoms with van der Waals surface area (Å²) in [5.74, 6) is 0. The molecule has 0 heterocycles. The highest BCUT2D eigenvalue weighted by Crippen LogP contribution is 2.21. The second-order valence-electron chi connectivity index (χ2n) is 2.81. The van der Waals surface area contributed by atoms with Crippen molar-refractivity contribution in [1.29, 1.82) is 0 Å². The van der Waals surface area contributed by atoms with E-state index in [1.165, 1.54) is 5.56 Å².